The molecule has 1 aliphatic rings. The molecule has 3 rings (SSSR count). The zero-order chi connectivity index (χ0) is 12.0. The molecule has 17 heavy (non-hydrogen) atoms. The normalized spacial score (nSPS) is 17.1. The van der Waals surface area contributed by atoms with Crippen molar-refractivity contribution in [2.45, 2.75) is 25.3 Å². The molecule has 1 aromatic carbocycles. The summed E-state index contributed by atoms with van der Waals surface area (Å²) in [5.41, 5.74) is 7.08. The Balaban J connectivity index is 2.01. The number of benzene rings is 1. The van der Waals surface area contributed by atoms with Gasteiger partial charge in [0.15, 0.2) is 0 Å². The van der Waals surface area contributed by atoms with Gasteiger partial charge in [-0.15, -0.1) is 0 Å². The van der Waals surface area contributed by atoms with Crippen LogP contribution in [0.15, 0.2) is 22.7 Å². The molecule has 1 saturated carbocycles. The van der Waals surface area contributed by atoms with Gasteiger partial charge in [0.2, 0.25) is 11.7 Å². The van der Waals surface area contributed by atoms with E-state index in [9.17, 15) is 4.39 Å². The molecule has 4 nitrogen and oxygen atoms in total. The van der Waals surface area contributed by atoms with Crippen molar-refractivity contribution >= 4 is 0 Å². The number of aromatic nitrogens is 2. The van der Waals surface area contributed by atoms with Crippen LogP contribution in [0.4, 0.5) is 4.39 Å². The van der Waals surface area contributed by atoms with Gasteiger partial charge in [-0.3, -0.25) is 0 Å². The molecule has 0 saturated heterocycles. The summed E-state index contributed by atoms with van der Waals surface area (Å²) in [6.45, 7) is 1.81. The molecule has 1 heterocycles. The number of nitrogens with zero attached hydrogens (tertiary/aromatic N) is 2. The van der Waals surface area contributed by atoms with Crippen LogP contribution in [0.25, 0.3) is 11.4 Å². The third-order valence-corrected chi connectivity index (χ3v) is 3.07. The summed E-state index contributed by atoms with van der Waals surface area (Å²) in [4.78, 5) is 4.28. The second-order valence-electron chi connectivity index (χ2n) is 4.54. The lowest BCUT2D eigenvalue weighted by Gasteiger charge is -2.00. The van der Waals surface area contributed by atoms with E-state index in [1.54, 1.807) is 6.07 Å². The molecule has 0 amide bonds. The van der Waals surface area contributed by atoms with Crippen molar-refractivity contribution < 1.29 is 8.91 Å². The molecular weight excluding hydrogens is 221 g/mol. The Morgan fingerprint density at radius 2 is 2.18 bits per heavy atom. The topological polar surface area (TPSA) is 64.9 Å². The summed E-state index contributed by atoms with van der Waals surface area (Å²) >= 11 is 0. The second-order valence-corrected chi connectivity index (χ2v) is 4.54. The maximum absolute atomic E-state index is 13.0. The molecule has 0 spiro atoms. The first-order valence-electron chi connectivity index (χ1n) is 5.48. The molecule has 0 unspecified atom stereocenters. The summed E-state index contributed by atoms with van der Waals surface area (Å²) in [6, 6.07) is 4.48. The van der Waals surface area contributed by atoms with Gasteiger partial charge in [0.25, 0.3) is 0 Å². The first-order chi connectivity index (χ1) is 8.08. The molecule has 5 heteroatoms. The monoisotopic (exact) mass is 233 g/mol. The quantitative estimate of drug-likeness (QED) is 0.863. The van der Waals surface area contributed by atoms with Crippen LogP contribution < -0.4 is 5.73 Å². The van der Waals surface area contributed by atoms with Crippen LogP contribution in [0.2, 0.25) is 0 Å². The minimum atomic E-state index is -0.431. The highest BCUT2D eigenvalue weighted by Crippen LogP contribution is 2.42. The van der Waals surface area contributed by atoms with Gasteiger partial charge in [0, 0.05) is 5.56 Å². The Labute approximate surface area is 97.6 Å². The fourth-order valence-corrected chi connectivity index (χ4v) is 1.76. The van der Waals surface area contributed by atoms with Crippen LogP contribution in [0.3, 0.4) is 0 Å². The van der Waals surface area contributed by atoms with E-state index >= 15 is 0 Å². The number of halogens is 1. The van der Waals surface area contributed by atoms with Gasteiger partial charge in [-0.05, 0) is 43.5 Å². The minimum absolute atomic E-state index is 0.271. The first-order valence-corrected chi connectivity index (χ1v) is 5.48. The van der Waals surface area contributed by atoms with Crippen molar-refractivity contribution in [1.82, 2.24) is 10.1 Å². The maximum atomic E-state index is 13.0. The molecule has 0 atom stereocenters. The molecule has 1 aliphatic carbocycles. The molecule has 2 aromatic rings. The molecule has 0 bridgehead atoms. The minimum Gasteiger partial charge on any atom is -0.337 e. The highest BCUT2D eigenvalue weighted by atomic mass is 19.1. The molecule has 2 N–H and O–H groups in total. The van der Waals surface area contributed by atoms with Gasteiger partial charge in [0.1, 0.15) is 5.82 Å². The summed E-state index contributed by atoms with van der Waals surface area (Å²) in [5.74, 6) is 0.665. The standard InChI is InChI=1S/C12H12FN3O/c1-7-6-8(13)2-3-9(7)10-15-11(17-16-10)12(14)4-5-12/h2-3,6H,4-5,14H2,1H3. The number of aryl methyl sites for hydroxylation is 1. The Kier molecular flexibility index (Phi) is 2.06. The van der Waals surface area contributed by atoms with E-state index < -0.39 is 5.54 Å². The van der Waals surface area contributed by atoms with Gasteiger partial charge >= 0.3 is 0 Å². The third-order valence-electron chi connectivity index (χ3n) is 3.07. The van der Waals surface area contributed by atoms with Crippen LogP contribution in [0, 0.1) is 12.7 Å². The lowest BCUT2D eigenvalue weighted by Crippen LogP contribution is -2.18. The van der Waals surface area contributed by atoms with Crippen molar-refractivity contribution in [3.8, 4) is 11.4 Å². The van der Waals surface area contributed by atoms with Gasteiger partial charge in [-0.2, -0.15) is 4.98 Å². The lowest BCUT2D eigenvalue weighted by molar-refractivity contribution is 0.348. The van der Waals surface area contributed by atoms with Crippen LogP contribution in [0.1, 0.15) is 24.3 Å². The van der Waals surface area contributed by atoms with Crippen LogP contribution in [-0.2, 0) is 5.54 Å². The van der Waals surface area contributed by atoms with E-state index in [2.05, 4.69) is 10.1 Å². The van der Waals surface area contributed by atoms with Crippen molar-refractivity contribution in [3.05, 3.63) is 35.5 Å². The Morgan fingerprint density at radius 1 is 1.41 bits per heavy atom. The zero-order valence-corrected chi connectivity index (χ0v) is 9.40. The van der Waals surface area contributed by atoms with E-state index in [1.807, 2.05) is 6.92 Å². The molecule has 0 aliphatic heterocycles. The molecule has 1 aromatic heterocycles. The molecule has 1 fully saturated rings. The van der Waals surface area contributed by atoms with Gasteiger partial charge in [-0.1, -0.05) is 5.16 Å². The van der Waals surface area contributed by atoms with Crippen molar-refractivity contribution in [2.75, 3.05) is 0 Å². The summed E-state index contributed by atoms with van der Waals surface area (Å²) in [7, 11) is 0. The number of nitrogens with two attached hydrogens (primary N) is 1. The SMILES string of the molecule is Cc1cc(F)ccc1-c1noc(C2(N)CC2)n1. The highest BCUT2D eigenvalue weighted by Gasteiger charge is 2.45. The van der Waals surface area contributed by atoms with E-state index in [1.165, 1.54) is 12.1 Å². The van der Waals surface area contributed by atoms with Gasteiger partial charge < -0.3 is 10.3 Å². The molecule has 0 radical (unpaired) electrons. The zero-order valence-electron chi connectivity index (χ0n) is 9.40. The van der Waals surface area contributed by atoms with Crippen molar-refractivity contribution in [1.29, 1.82) is 0 Å². The van der Waals surface area contributed by atoms with E-state index in [-0.39, 0.29) is 5.82 Å². The van der Waals surface area contributed by atoms with Crippen LogP contribution in [-0.4, -0.2) is 10.1 Å². The average Bonchev–Trinajstić information content (AvgIpc) is 2.85. The fraction of sp³-hybridized carbons (Fsp3) is 0.333. The average molecular weight is 233 g/mol. The first kappa shape index (κ1) is 10.4. The van der Waals surface area contributed by atoms with Crippen LogP contribution in [0.5, 0.6) is 0 Å². The van der Waals surface area contributed by atoms with Crippen molar-refractivity contribution in [3.63, 3.8) is 0 Å². The van der Waals surface area contributed by atoms with E-state index in [0.717, 1.165) is 24.0 Å². The predicted octanol–water partition coefficient (Wildman–Crippen LogP) is 2.13. The third kappa shape index (κ3) is 1.72. The molecule has 88 valence electrons. The van der Waals surface area contributed by atoms with Gasteiger partial charge in [-0.25, -0.2) is 4.39 Å². The van der Waals surface area contributed by atoms with E-state index in [4.69, 9.17) is 10.3 Å². The second kappa shape index (κ2) is 3.37. The van der Waals surface area contributed by atoms with Crippen LogP contribution >= 0.6 is 0 Å². The predicted molar refractivity (Wildman–Crippen MR) is 59.5 cm³/mol. The van der Waals surface area contributed by atoms with Gasteiger partial charge in [0.05, 0.1) is 5.54 Å². The Morgan fingerprint density at radius 3 is 2.82 bits per heavy atom. The Hall–Kier alpha value is -1.75. The smallest absolute Gasteiger partial charge is 0.247 e. The summed E-state index contributed by atoms with van der Waals surface area (Å²) in [5, 5.41) is 3.89. The number of hydrogen-bond donors (Lipinski definition) is 1. The van der Waals surface area contributed by atoms with E-state index in [0.29, 0.717) is 11.7 Å². The molecular formula is C12H12FN3O. The largest absolute Gasteiger partial charge is 0.337 e. The number of rotatable bonds is 2. The summed E-state index contributed by atoms with van der Waals surface area (Å²) < 4.78 is 18.1. The fourth-order valence-electron chi connectivity index (χ4n) is 1.76. The lowest BCUT2D eigenvalue weighted by atomic mass is 10.1. The Bertz CT molecular complexity index is 575. The maximum Gasteiger partial charge on any atom is 0.247 e. The summed E-state index contributed by atoms with van der Waals surface area (Å²) in [6.07, 6.45) is 1.74. The highest BCUT2D eigenvalue weighted by molar-refractivity contribution is 5.59. The number of hydrogen-bond acceptors (Lipinski definition) is 4. The van der Waals surface area contributed by atoms with Crippen molar-refractivity contribution in [2.24, 2.45) is 5.73 Å².